The van der Waals surface area contributed by atoms with Crippen molar-refractivity contribution in [2.24, 2.45) is 0 Å². The van der Waals surface area contributed by atoms with Gasteiger partial charge in [0, 0.05) is 6.20 Å². The van der Waals surface area contributed by atoms with E-state index in [1.54, 1.807) is 24.3 Å². The molecular formula is C13H10ClN3O2S. The van der Waals surface area contributed by atoms with E-state index in [4.69, 9.17) is 16.9 Å². The lowest BCUT2D eigenvalue weighted by atomic mass is 10.2. The molecule has 0 bridgehead atoms. The van der Waals surface area contributed by atoms with Gasteiger partial charge in [-0.25, -0.2) is 13.4 Å². The van der Waals surface area contributed by atoms with Gasteiger partial charge in [0.05, 0.1) is 23.1 Å². The first-order valence-corrected chi connectivity index (χ1v) is 7.63. The number of aromatic nitrogens is 1. The molecular weight excluding hydrogens is 298 g/mol. The van der Waals surface area contributed by atoms with Gasteiger partial charge in [-0.3, -0.25) is 4.72 Å². The molecule has 0 fully saturated rings. The Bertz CT molecular complexity index is 752. The minimum absolute atomic E-state index is 0.182. The first-order valence-electron chi connectivity index (χ1n) is 5.59. The van der Waals surface area contributed by atoms with E-state index in [0.717, 1.165) is 0 Å². The molecule has 0 atom stereocenters. The second kappa shape index (κ2) is 5.90. The molecule has 102 valence electrons. The molecule has 1 heterocycles. The van der Waals surface area contributed by atoms with Crippen molar-refractivity contribution in [3.8, 4) is 6.07 Å². The average molecular weight is 308 g/mol. The van der Waals surface area contributed by atoms with Gasteiger partial charge >= 0.3 is 0 Å². The van der Waals surface area contributed by atoms with E-state index >= 15 is 0 Å². The molecule has 0 aliphatic heterocycles. The van der Waals surface area contributed by atoms with Crippen molar-refractivity contribution in [2.45, 2.75) is 5.75 Å². The summed E-state index contributed by atoms with van der Waals surface area (Å²) in [6.07, 6.45) is 1.42. The van der Waals surface area contributed by atoms with E-state index in [1.165, 1.54) is 18.3 Å². The quantitative estimate of drug-likeness (QED) is 0.880. The Morgan fingerprint density at radius 2 is 1.95 bits per heavy atom. The van der Waals surface area contributed by atoms with Crippen LogP contribution in [0.4, 0.5) is 5.69 Å². The molecule has 0 saturated heterocycles. The monoisotopic (exact) mass is 307 g/mol. The molecule has 0 unspecified atom stereocenters. The lowest BCUT2D eigenvalue weighted by molar-refractivity contribution is 0.600. The maximum Gasteiger partial charge on any atom is 0.236 e. The summed E-state index contributed by atoms with van der Waals surface area (Å²) in [5.41, 5.74) is 1.44. The predicted molar refractivity (Wildman–Crippen MR) is 76.7 cm³/mol. The fourth-order valence-electron chi connectivity index (χ4n) is 1.58. The van der Waals surface area contributed by atoms with Gasteiger partial charge in [-0.1, -0.05) is 23.7 Å². The van der Waals surface area contributed by atoms with Crippen molar-refractivity contribution in [3.05, 3.63) is 58.9 Å². The van der Waals surface area contributed by atoms with Crippen LogP contribution in [0.5, 0.6) is 0 Å². The van der Waals surface area contributed by atoms with E-state index in [9.17, 15) is 8.42 Å². The predicted octanol–water partition coefficient (Wildman–Crippen LogP) is 2.55. The Balaban J connectivity index is 2.13. The summed E-state index contributed by atoms with van der Waals surface area (Å²) in [5, 5.41) is 8.89. The number of halogens is 1. The van der Waals surface area contributed by atoms with E-state index in [0.29, 0.717) is 16.8 Å². The summed E-state index contributed by atoms with van der Waals surface area (Å²) < 4.78 is 26.4. The zero-order chi connectivity index (χ0) is 14.6. The average Bonchev–Trinajstić information content (AvgIpc) is 2.38. The van der Waals surface area contributed by atoms with Crippen molar-refractivity contribution < 1.29 is 8.42 Å². The third kappa shape index (κ3) is 3.95. The number of nitrogens with zero attached hydrogens (tertiary/aromatic N) is 2. The number of nitrogens with one attached hydrogen (secondary N) is 1. The van der Waals surface area contributed by atoms with Crippen molar-refractivity contribution >= 4 is 27.3 Å². The first-order chi connectivity index (χ1) is 9.48. The summed E-state index contributed by atoms with van der Waals surface area (Å²) in [4.78, 5) is 3.77. The van der Waals surface area contributed by atoms with Gasteiger partial charge in [-0.05, 0) is 29.8 Å². The van der Waals surface area contributed by atoms with Crippen molar-refractivity contribution in [1.29, 1.82) is 5.26 Å². The van der Waals surface area contributed by atoms with Crippen molar-refractivity contribution in [2.75, 3.05) is 4.72 Å². The van der Waals surface area contributed by atoms with Crippen molar-refractivity contribution in [3.63, 3.8) is 0 Å². The highest BCUT2D eigenvalue weighted by Crippen LogP contribution is 2.15. The summed E-state index contributed by atoms with van der Waals surface area (Å²) in [7, 11) is -3.54. The number of benzene rings is 1. The Hall–Kier alpha value is -2.10. The number of rotatable bonds is 4. The molecule has 1 N–H and O–H groups in total. The van der Waals surface area contributed by atoms with Crippen LogP contribution in [0.3, 0.4) is 0 Å². The molecule has 0 aliphatic carbocycles. The Kier molecular flexibility index (Phi) is 4.23. The van der Waals surface area contributed by atoms with Crippen LogP contribution in [0, 0.1) is 11.3 Å². The van der Waals surface area contributed by atoms with Crippen LogP contribution in [0.25, 0.3) is 0 Å². The molecule has 5 nitrogen and oxygen atoms in total. The van der Waals surface area contributed by atoms with Gasteiger partial charge in [0.15, 0.2) is 0 Å². The van der Waals surface area contributed by atoms with Gasteiger partial charge in [-0.15, -0.1) is 0 Å². The molecule has 2 aromatic rings. The molecule has 1 aromatic heterocycles. The summed E-state index contributed by atoms with van der Waals surface area (Å²) in [6.45, 7) is 0. The molecule has 0 radical (unpaired) electrons. The number of pyridine rings is 1. The third-order valence-electron chi connectivity index (χ3n) is 2.44. The minimum Gasteiger partial charge on any atom is -0.283 e. The summed E-state index contributed by atoms with van der Waals surface area (Å²) >= 11 is 5.69. The van der Waals surface area contributed by atoms with E-state index in [2.05, 4.69) is 9.71 Å². The standard InChI is InChI=1S/C13H10ClN3O2S/c14-13-7-12(5-6-16-13)17-20(18,19)9-11-3-1-10(8-15)2-4-11/h1-7H,9H2,(H,16,17). The second-order valence-electron chi connectivity index (χ2n) is 4.04. The zero-order valence-corrected chi connectivity index (χ0v) is 11.8. The van der Waals surface area contributed by atoms with Gasteiger partial charge in [0.1, 0.15) is 5.15 Å². The highest BCUT2D eigenvalue weighted by atomic mass is 35.5. The molecule has 0 aliphatic rings. The smallest absolute Gasteiger partial charge is 0.236 e. The lowest BCUT2D eigenvalue weighted by Crippen LogP contribution is -2.15. The summed E-state index contributed by atoms with van der Waals surface area (Å²) in [5.74, 6) is -0.182. The summed E-state index contributed by atoms with van der Waals surface area (Å²) in [6, 6.07) is 11.3. The van der Waals surface area contributed by atoms with E-state index in [1.807, 2.05) is 6.07 Å². The van der Waals surface area contributed by atoms with Crippen LogP contribution in [0.2, 0.25) is 5.15 Å². The van der Waals surface area contributed by atoms with Gasteiger partial charge < -0.3 is 0 Å². The fourth-order valence-corrected chi connectivity index (χ4v) is 2.94. The largest absolute Gasteiger partial charge is 0.283 e. The SMILES string of the molecule is N#Cc1ccc(CS(=O)(=O)Nc2ccnc(Cl)c2)cc1. The number of anilines is 1. The Morgan fingerprint density at radius 1 is 1.25 bits per heavy atom. The van der Waals surface area contributed by atoms with Crippen LogP contribution < -0.4 is 4.72 Å². The lowest BCUT2D eigenvalue weighted by Gasteiger charge is -2.08. The number of nitriles is 1. The molecule has 7 heteroatoms. The van der Waals surface area contributed by atoms with Gasteiger partial charge in [0.25, 0.3) is 0 Å². The topological polar surface area (TPSA) is 82.8 Å². The highest BCUT2D eigenvalue weighted by molar-refractivity contribution is 7.91. The Morgan fingerprint density at radius 3 is 2.55 bits per heavy atom. The number of hydrogen-bond donors (Lipinski definition) is 1. The van der Waals surface area contributed by atoms with Gasteiger partial charge in [-0.2, -0.15) is 5.26 Å². The molecule has 2 rings (SSSR count). The zero-order valence-electron chi connectivity index (χ0n) is 10.2. The molecule has 0 spiro atoms. The number of hydrogen-bond acceptors (Lipinski definition) is 4. The Labute approximate surface area is 121 Å². The first kappa shape index (κ1) is 14.3. The minimum atomic E-state index is -3.54. The molecule has 20 heavy (non-hydrogen) atoms. The maximum absolute atomic E-state index is 12.0. The van der Waals surface area contributed by atoms with Crippen LogP contribution in [-0.4, -0.2) is 13.4 Å². The normalized spacial score (nSPS) is 10.8. The van der Waals surface area contributed by atoms with Crippen LogP contribution >= 0.6 is 11.6 Å². The van der Waals surface area contributed by atoms with E-state index < -0.39 is 10.0 Å². The second-order valence-corrected chi connectivity index (χ2v) is 6.15. The van der Waals surface area contributed by atoms with Crippen LogP contribution in [0.15, 0.2) is 42.6 Å². The maximum atomic E-state index is 12.0. The molecule has 1 aromatic carbocycles. The van der Waals surface area contributed by atoms with Crippen LogP contribution in [-0.2, 0) is 15.8 Å². The fraction of sp³-hybridized carbons (Fsp3) is 0.0769. The molecule has 0 amide bonds. The van der Waals surface area contributed by atoms with Crippen molar-refractivity contribution in [1.82, 2.24) is 4.98 Å². The molecule has 0 saturated carbocycles. The number of sulfonamides is 1. The van der Waals surface area contributed by atoms with E-state index in [-0.39, 0.29) is 10.9 Å². The highest BCUT2D eigenvalue weighted by Gasteiger charge is 2.12. The third-order valence-corrected chi connectivity index (χ3v) is 3.91. The van der Waals surface area contributed by atoms with Gasteiger partial charge in [0.2, 0.25) is 10.0 Å². The van der Waals surface area contributed by atoms with Crippen LogP contribution in [0.1, 0.15) is 11.1 Å².